The number of methoxy groups -OCH3 is 2. The number of amides is 1. The van der Waals surface area contributed by atoms with Crippen molar-refractivity contribution in [3.8, 4) is 11.5 Å². The van der Waals surface area contributed by atoms with Crippen LogP contribution < -0.4 is 14.8 Å². The lowest BCUT2D eigenvalue weighted by molar-refractivity contribution is 0.0946. The van der Waals surface area contributed by atoms with Crippen molar-refractivity contribution in [3.05, 3.63) is 41.7 Å². The summed E-state index contributed by atoms with van der Waals surface area (Å²) in [6.07, 6.45) is 1.36. The Labute approximate surface area is 168 Å². The van der Waals surface area contributed by atoms with Gasteiger partial charge in [0.2, 0.25) is 10.0 Å². The van der Waals surface area contributed by atoms with Gasteiger partial charge in [0.15, 0.2) is 11.5 Å². The van der Waals surface area contributed by atoms with Gasteiger partial charge in [-0.25, -0.2) is 8.42 Å². The lowest BCUT2D eigenvalue weighted by atomic mass is 10.2. The van der Waals surface area contributed by atoms with Gasteiger partial charge in [-0.15, -0.1) is 0 Å². The van der Waals surface area contributed by atoms with Crippen molar-refractivity contribution in [2.45, 2.75) is 11.4 Å². The molecule has 2 aromatic rings. The van der Waals surface area contributed by atoms with Crippen molar-refractivity contribution >= 4 is 27.7 Å². The third kappa shape index (κ3) is 4.29. The Kier molecular flexibility index (Phi) is 6.53. The number of ether oxygens (including phenoxy) is 2. The van der Waals surface area contributed by atoms with Crippen LogP contribution in [0.2, 0.25) is 0 Å². The monoisotopic (exact) mass is 425 g/mol. The number of thioether (sulfide) groups is 1. The SMILES string of the molecule is COc1cccc(CNC(=O)c2cc(S(=O)(=O)N3CCSCC3)c[nH]2)c1OC. The second-order valence-corrected chi connectivity index (χ2v) is 9.26. The molecule has 1 aromatic carbocycles. The molecule has 1 aliphatic rings. The summed E-state index contributed by atoms with van der Waals surface area (Å²) in [5.41, 5.74) is 0.937. The molecule has 1 aliphatic heterocycles. The molecular formula is C18H23N3O5S2. The summed E-state index contributed by atoms with van der Waals surface area (Å²) in [5, 5.41) is 2.77. The minimum absolute atomic E-state index is 0.100. The van der Waals surface area contributed by atoms with Crippen LogP contribution in [0.25, 0.3) is 0 Å². The minimum Gasteiger partial charge on any atom is -0.493 e. The van der Waals surface area contributed by atoms with Gasteiger partial charge >= 0.3 is 0 Å². The second kappa shape index (κ2) is 8.89. The summed E-state index contributed by atoms with van der Waals surface area (Å²) < 4.78 is 37.4. The zero-order chi connectivity index (χ0) is 20.1. The van der Waals surface area contributed by atoms with E-state index in [0.29, 0.717) is 24.6 Å². The van der Waals surface area contributed by atoms with Gasteiger partial charge in [0.1, 0.15) is 10.6 Å². The van der Waals surface area contributed by atoms with Gasteiger partial charge in [0.05, 0.1) is 14.2 Å². The van der Waals surface area contributed by atoms with Crippen LogP contribution in [0.4, 0.5) is 0 Å². The van der Waals surface area contributed by atoms with Crippen LogP contribution in [0.3, 0.4) is 0 Å². The molecule has 1 saturated heterocycles. The van der Waals surface area contributed by atoms with E-state index >= 15 is 0 Å². The number of hydrogen-bond donors (Lipinski definition) is 2. The zero-order valence-electron chi connectivity index (χ0n) is 15.7. The van der Waals surface area contributed by atoms with E-state index in [1.54, 1.807) is 31.0 Å². The highest BCUT2D eigenvalue weighted by atomic mass is 32.2. The van der Waals surface area contributed by atoms with Crippen molar-refractivity contribution in [2.75, 3.05) is 38.8 Å². The maximum absolute atomic E-state index is 12.7. The summed E-state index contributed by atoms with van der Waals surface area (Å²) >= 11 is 1.73. The summed E-state index contributed by atoms with van der Waals surface area (Å²) in [6.45, 7) is 1.17. The second-order valence-electron chi connectivity index (χ2n) is 6.10. The molecule has 0 saturated carbocycles. The maximum Gasteiger partial charge on any atom is 0.268 e. The number of benzene rings is 1. The van der Waals surface area contributed by atoms with E-state index in [1.807, 2.05) is 6.07 Å². The van der Waals surface area contributed by atoms with Crippen molar-refractivity contribution < 1.29 is 22.7 Å². The lowest BCUT2D eigenvalue weighted by Gasteiger charge is -2.24. The molecule has 1 aromatic heterocycles. The number of para-hydroxylation sites is 1. The summed E-state index contributed by atoms with van der Waals surface area (Å²) in [7, 11) is -0.513. The number of aromatic amines is 1. The molecule has 0 aliphatic carbocycles. The molecule has 1 amide bonds. The number of rotatable bonds is 7. The molecule has 0 unspecified atom stereocenters. The molecule has 2 N–H and O–H groups in total. The van der Waals surface area contributed by atoms with E-state index in [9.17, 15) is 13.2 Å². The van der Waals surface area contributed by atoms with Gasteiger partial charge in [-0.05, 0) is 12.1 Å². The van der Waals surface area contributed by atoms with E-state index < -0.39 is 15.9 Å². The normalized spacial score (nSPS) is 15.2. The number of sulfonamides is 1. The van der Waals surface area contributed by atoms with E-state index in [-0.39, 0.29) is 17.1 Å². The average molecular weight is 426 g/mol. The number of aromatic nitrogens is 1. The highest BCUT2D eigenvalue weighted by Crippen LogP contribution is 2.30. The van der Waals surface area contributed by atoms with Gasteiger partial charge in [0.25, 0.3) is 5.91 Å². The maximum atomic E-state index is 12.7. The van der Waals surface area contributed by atoms with Crippen LogP contribution in [-0.2, 0) is 16.6 Å². The molecular weight excluding hydrogens is 402 g/mol. The van der Waals surface area contributed by atoms with Gasteiger partial charge in [0, 0.05) is 42.9 Å². The molecule has 0 bridgehead atoms. The van der Waals surface area contributed by atoms with Gasteiger partial charge < -0.3 is 19.8 Å². The van der Waals surface area contributed by atoms with Crippen LogP contribution in [0.1, 0.15) is 16.1 Å². The van der Waals surface area contributed by atoms with Crippen LogP contribution in [-0.4, -0.2) is 62.4 Å². The quantitative estimate of drug-likeness (QED) is 0.700. The van der Waals surface area contributed by atoms with Gasteiger partial charge in [-0.2, -0.15) is 16.1 Å². The number of H-pyrrole nitrogens is 1. The molecule has 8 nitrogen and oxygen atoms in total. The van der Waals surface area contributed by atoms with Gasteiger partial charge in [-0.1, -0.05) is 12.1 Å². The Morgan fingerprint density at radius 2 is 2.00 bits per heavy atom. The Bertz CT molecular complexity index is 936. The fraction of sp³-hybridized carbons (Fsp3) is 0.389. The van der Waals surface area contributed by atoms with E-state index in [0.717, 1.165) is 17.1 Å². The average Bonchev–Trinajstić information content (AvgIpc) is 3.23. The Hall–Kier alpha value is -2.17. The van der Waals surface area contributed by atoms with Crippen LogP contribution in [0.15, 0.2) is 35.4 Å². The first kappa shape index (κ1) is 20.6. The number of hydrogen-bond acceptors (Lipinski definition) is 6. The Balaban J connectivity index is 1.70. The van der Waals surface area contributed by atoms with Crippen molar-refractivity contribution in [3.63, 3.8) is 0 Å². The largest absolute Gasteiger partial charge is 0.493 e. The fourth-order valence-corrected chi connectivity index (χ4v) is 5.52. The summed E-state index contributed by atoms with van der Waals surface area (Å²) in [6, 6.07) is 6.76. The molecule has 0 radical (unpaired) electrons. The van der Waals surface area contributed by atoms with Crippen LogP contribution >= 0.6 is 11.8 Å². The minimum atomic E-state index is -3.59. The zero-order valence-corrected chi connectivity index (χ0v) is 17.4. The highest BCUT2D eigenvalue weighted by Gasteiger charge is 2.27. The van der Waals surface area contributed by atoms with E-state index in [2.05, 4.69) is 10.3 Å². The third-order valence-electron chi connectivity index (χ3n) is 4.43. The smallest absolute Gasteiger partial charge is 0.268 e. The summed E-state index contributed by atoms with van der Waals surface area (Å²) in [4.78, 5) is 15.3. The summed E-state index contributed by atoms with van der Waals surface area (Å²) in [5.74, 6) is 2.27. The topological polar surface area (TPSA) is 101 Å². The van der Waals surface area contributed by atoms with Gasteiger partial charge in [-0.3, -0.25) is 4.79 Å². The van der Waals surface area contributed by atoms with E-state index in [1.165, 1.54) is 23.7 Å². The first-order valence-corrected chi connectivity index (χ1v) is 11.3. The van der Waals surface area contributed by atoms with Crippen molar-refractivity contribution in [1.29, 1.82) is 0 Å². The molecule has 2 heterocycles. The first-order valence-electron chi connectivity index (χ1n) is 8.71. The van der Waals surface area contributed by atoms with Crippen molar-refractivity contribution in [1.82, 2.24) is 14.6 Å². The molecule has 1 fully saturated rings. The predicted octanol–water partition coefficient (Wildman–Crippen LogP) is 1.70. The molecule has 0 atom stereocenters. The molecule has 0 spiro atoms. The van der Waals surface area contributed by atoms with E-state index in [4.69, 9.17) is 9.47 Å². The predicted molar refractivity (Wildman–Crippen MR) is 108 cm³/mol. The number of nitrogens with zero attached hydrogens (tertiary/aromatic N) is 1. The molecule has 152 valence electrons. The Morgan fingerprint density at radius 1 is 1.25 bits per heavy atom. The lowest BCUT2D eigenvalue weighted by Crippen LogP contribution is -2.37. The Morgan fingerprint density at radius 3 is 2.68 bits per heavy atom. The molecule has 3 rings (SSSR count). The van der Waals surface area contributed by atoms with Crippen LogP contribution in [0, 0.1) is 0 Å². The molecule has 10 heteroatoms. The highest BCUT2D eigenvalue weighted by molar-refractivity contribution is 7.99. The number of carbonyl (C=O) groups excluding carboxylic acids is 1. The number of nitrogens with one attached hydrogen (secondary N) is 2. The standard InChI is InChI=1S/C18H23N3O5S2/c1-25-16-5-3-4-13(17(16)26-2)11-20-18(22)15-10-14(12-19-15)28(23,24)21-6-8-27-9-7-21/h3-5,10,12,19H,6-9,11H2,1-2H3,(H,20,22). The van der Waals surface area contributed by atoms with Crippen LogP contribution in [0.5, 0.6) is 11.5 Å². The number of carbonyl (C=O) groups is 1. The first-order chi connectivity index (χ1) is 13.5. The van der Waals surface area contributed by atoms with Crippen molar-refractivity contribution in [2.24, 2.45) is 0 Å². The molecule has 28 heavy (non-hydrogen) atoms. The third-order valence-corrected chi connectivity index (χ3v) is 7.25. The fourth-order valence-electron chi connectivity index (χ4n) is 2.95.